The summed E-state index contributed by atoms with van der Waals surface area (Å²) in [6.07, 6.45) is 1.82. The van der Waals surface area contributed by atoms with Crippen LogP contribution in [0.5, 0.6) is 0 Å². The van der Waals surface area contributed by atoms with Gasteiger partial charge in [0.2, 0.25) is 0 Å². The lowest BCUT2D eigenvalue weighted by Crippen LogP contribution is -2.34. The molecule has 2 aromatic carbocycles. The second-order valence-electron chi connectivity index (χ2n) is 5.69. The molecule has 0 bridgehead atoms. The van der Waals surface area contributed by atoms with Crippen LogP contribution in [0.3, 0.4) is 0 Å². The van der Waals surface area contributed by atoms with Crippen LogP contribution in [0.25, 0.3) is 10.9 Å². The highest BCUT2D eigenvalue weighted by Crippen LogP contribution is 2.19. The largest absolute Gasteiger partial charge is 0.350 e. The lowest BCUT2D eigenvalue weighted by molar-refractivity contribution is 0.0928. The lowest BCUT2D eigenvalue weighted by atomic mass is 10.1. The van der Waals surface area contributed by atoms with Crippen molar-refractivity contribution in [1.82, 2.24) is 15.2 Å². The maximum Gasteiger partial charge on any atom is 0.253 e. The van der Waals surface area contributed by atoms with Crippen LogP contribution in [0, 0.1) is 0 Å². The molecule has 5 nitrogen and oxygen atoms in total. The number of hydrogen-bond acceptors (Lipinski definition) is 2. The number of amides is 2. The third-order valence-electron chi connectivity index (χ3n) is 3.94. The first-order chi connectivity index (χ1) is 12.1. The van der Waals surface area contributed by atoms with Crippen molar-refractivity contribution in [2.45, 2.75) is 0 Å². The summed E-state index contributed by atoms with van der Waals surface area (Å²) in [6, 6.07) is 14.9. The number of hydrogen-bond donors (Lipinski definition) is 2. The van der Waals surface area contributed by atoms with Crippen molar-refractivity contribution in [2.75, 3.05) is 13.1 Å². The molecule has 1 aromatic heterocycles. The highest BCUT2D eigenvalue weighted by molar-refractivity contribution is 9.10. The van der Waals surface area contributed by atoms with Crippen LogP contribution >= 0.6 is 15.9 Å². The fraction of sp³-hybridized carbons (Fsp3) is 0.158. The van der Waals surface area contributed by atoms with Crippen LogP contribution in [-0.2, 0) is 7.05 Å². The molecular formula is C19H18BrN3O2. The van der Waals surface area contributed by atoms with E-state index in [2.05, 4.69) is 26.6 Å². The smallest absolute Gasteiger partial charge is 0.253 e. The molecule has 3 rings (SSSR count). The summed E-state index contributed by atoms with van der Waals surface area (Å²) in [6.45, 7) is 0.732. The van der Waals surface area contributed by atoms with Crippen molar-refractivity contribution >= 4 is 38.6 Å². The van der Waals surface area contributed by atoms with Crippen molar-refractivity contribution in [3.8, 4) is 0 Å². The highest BCUT2D eigenvalue weighted by atomic mass is 79.9. The van der Waals surface area contributed by atoms with E-state index in [1.54, 1.807) is 12.1 Å². The van der Waals surface area contributed by atoms with E-state index in [1.807, 2.05) is 54.2 Å². The van der Waals surface area contributed by atoms with E-state index in [0.717, 1.165) is 15.4 Å². The molecule has 0 unspecified atom stereocenters. The predicted molar refractivity (Wildman–Crippen MR) is 102 cm³/mol. The summed E-state index contributed by atoms with van der Waals surface area (Å²) >= 11 is 3.33. The Balaban J connectivity index is 1.54. The van der Waals surface area contributed by atoms with Crippen LogP contribution in [-0.4, -0.2) is 29.5 Å². The summed E-state index contributed by atoms with van der Waals surface area (Å²) < 4.78 is 2.85. The molecule has 6 heteroatoms. The van der Waals surface area contributed by atoms with Gasteiger partial charge in [0, 0.05) is 47.3 Å². The summed E-state index contributed by atoms with van der Waals surface area (Å²) in [5, 5.41) is 6.56. The van der Waals surface area contributed by atoms with Gasteiger partial charge in [0.15, 0.2) is 0 Å². The molecule has 0 aliphatic heterocycles. The molecule has 1 heterocycles. The molecule has 0 spiro atoms. The maximum absolute atomic E-state index is 12.4. The highest BCUT2D eigenvalue weighted by Gasteiger charge is 2.13. The molecule has 0 atom stereocenters. The van der Waals surface area contributed by atoms with E-state index in [4.69, 9.17) is 0 Å². The number of fused-ring (bicyclic) bond motifs is 1. The molecule has 3 aromatic rings. The predicted octanol–water partition coefficient (Wildman–Crippen LogP) is 3.10. The molecule has 0 radical (unpaired) electrons. The minimum absolute atomic E-state index is 0.144. The maximum atomic E-state index is 12.4. The summed E-state index contributed by atoms with van der Waals surface area (Å²) in [5.74, 6) is -0.304. The normalized spacial score (nSPS) is 10.6. The number of benzene rings is 2. The summed E-state index contributed by atoms with van der Waals surface area (Å²) in [7, 11) is 1.91. The number of aryl methyl sites for hydroxylation is 1. The van der Waals surface area contributed by atoms with Gasteiger partial charge in [0.1, 0.15) is 0 Å². The third kappa shape index (κ3) is 3.91. The molecule has 0 saturated heterocycles. The standard InChI is InChI=1S/C19H18BrN3O2/c1-23-12-16(15-4-2-3-5-17(15)23)19(25)22-11-10-21-18(24)13-6-8-14(20)9-7-13/h2-9,12H,10-11H2,1H3,(H,21,24)(H,22,25). The molecular weight excluding hydrogens is 382 g/mol. The van der Waals surface area contributed by atoms with Gasteiger partial charge in [-0.1, -0.05) is 34.1 Å². The van der Waals surface area contributed by atoms with Gasteiger partial charge < -0.3 is 15.2 Å². The Morgan fingerprint density at radius 2 is 1.60 bits per heavy atom. The van der Waals surface area contributed by atoms with Crippen LogP contribution in [0.4, 0.5) is 0 Å². The van der Waals surface area contributed by atoms with Crippen molar-refractivity contribution in [3.63, 3.8) is 0 Å². The van der Waals surface area contributed by atoms with Gasteiger partial charge in [0.25, 0.3) is 11.8 Å². The summed E-state index contributed by atoms with van der Waals surface area (Å²) in [5.41, 5.74) is 2.23. The Morgan fingerprint density at radius 3 is 2.32 bits per heavy atom. The molecule has 25 heavy (non-hydrogen) atoms. The Bertz CT molecular complexity index is 916. The van der Waals surface area contributed by atoms with E-state index in [-0.39, 0.29) is 11.8 Å². The number of para-hydroxylation sites is 1. The average Bonchev–Trinajstić information content (AvgIpc) is 2.96. The Labute approximate surface area is 154 Å². The van der Waals surface area contributed by atoms with Gasteiger partial charge in [-0.15, -0.1) is 0 Å². The molecule has 0 aliphatic rings. The zero-order valence-corrected chi connectivity index (χ0v) is 15.3. The van der Waals surface area contributed by atoms with Crippen LogP contribution in [0.1, 0.15) is 20.7 Å². The van der Waals surface area contributed by atoms with Gasteiger partial charge in [-0.3, -0.25) is 9.59 Å². The number of rotatable bonds is 5. The minimum atomic E-state index is -0.160. The Hall–Kier alpha value is -2.60. The summed E-state index contributed by atoms with van der Waals surface area (Å²) in [4.78, 5) is 24.4. The van der Waals surface area contributed by atoms with E-state index in [1.165, 1.54) is 0 Å². The second kappa shape index (κ2) is 7.53. The Kier molecular flexibility index (Phi) is 5.19. The van der Waals surface area contributed by atoms with Crippen LogP contribution < -0.4 is 10.6 Å². The first-order valence-corrected chi connectivity index (χ1v) is 8.71. The van der Waals surface area contributed by atoms with E-state index in [0.29, 0.717) is 24.2 Å². The van der Waals surface area contributed by atoms with Gasteiger partial charge in [-0.2, -0.15) is 0 Å². The fourth-order valence-corrected chi connectivity index (χ4v) is 2.94. The van der Waals surface area contributed by atoms with Crippen molar-refractivity contribution < 1.29 is 9.59 Å². The monoisotopic (exact) mass is 399 g/mol. The Morgan fingerprint density at radius 1 is 0.960 bits per heavy atom. The number of nitrogens with zero attached hydrogens (tertiary/aromatic N) is 1. The van der Waals surface area contributed by atoms with Crippen molar-refractivity contribution in [2.24, 2.45) is 7.05 Å². The van der Waals surface area contributed by atoms with E-state index < -0.39 is 0 Å². The van der Waals surface area contributed by atoms with E-state index >= 15 is 0 Å². The average molecular weight is 400 g/mol. The number of carbonyl (C=O) groups excluding carboxylic acids is 2. The lowest BCUT2D eigenvalue weighted by Gasteiger charge is -2.07. The first kappa shape index (κ1) is 17.2. The topological polar surface area (TPSA) is 63.1 Å². The molecule has 0 fully saturated rings. The van der Waals surface area contributed by atoms with Gasteiger partial charge in [-0.05, 0) is 30.3 Å². The van der Waals surface area contributed by atoms with Crippen LogP contribution in [0.2, 0.25) is 0 Å². The number of nitrogens with one attached hydrogen (secondary N) is 2. The molecule has 0 saturated carbocycles. The molecule has 0 aliphatic carbocycles. The number of aromatic nitrogens is 1. The van der Waals surface area contributed by atoms with Gasteiger partial charge in [0.05, 0.1) is 5.56 Å². The number of halogens is 1. The zero-order valence-electron chi connectivity index (χ0n) is 13.8. The van der Waals surface area contributed by atoms with Crippen molar-refractivity contribution in [1.29, 1.82) is 0 Å². The second-order valence-corrected chi connectivity index (χ2v) is 6.61. The minimum Gasteiger partial charge on any atom is -0.350 e. The quantitative estimate of drug-likeness (QED) is 0.647. The molecule has 128 valence electrons. The van der Waals surface area contributed by atoms with Gasteiger partial charge >= 0.3 is 0 Å². The first-order valence-electron chi connectivity index (χ1n) is 7.92. The van der Waals surface area contributed by atoms with Gasteiger partial charge in [-0.25, -0.2) is 0 Å². The van der Waals surface area contributed by atoms with Crippen molar-refractivity contribution in [3.05, 3.63) is 70.3 Å². The van der Waals surface area contributed by atoms with E-state index in [9.17, 15) is 9.59 Å². The molecule has 2 amide bonds. The third-order valence-corrected chi connectivity index (χ3v) is 4.47. The molecule has 2 N–H and O–H groups in total. The van der Waals surface area contributed by atoms with Crippen LogP contribution in [0.15, 0.2) is 59.2 Å². The number of carbonyl (C=O) groups is 2. The zero-order chi connectivity index (χ0) is 17.8. The SMILES string of the molecule is Cn1cc(C(=O)NCCNC(=O)c2ccc(Br)cc2)c2ccccc21. The fourth-order valence-electron chi connectivity index (χ4n) is 2.67.